The zero-order chi connectivity index (χ0) is 22.1. The molecule has 0 aliphatic carbocycles. The fourth-order valence-corrected chi connectivity index (χ4v) is 4.36. The first kappa shape index (κ1) is 21.2. The highest BCUT2D eigenvalue weighted by atomic mass is 35.5. The van der Waals surface area contributed by atoms with Crippen LogP contribution in [0, 0.1) is 6.92 Å². The minimum Gasteiger partial charge on any atom is -0.365 e. The third-order valence-electron chi connectivity index (χ3n) is 5.88. The third-order valence-corrected chi connectivity index (χ3v) is 6.12. The van der Waals surface area contributed by atoms with Crippen LogP contribution in [-0.4, -0.2) is 42.8 Å². The number of amides is 2. The van der Waals surface area contributed by atoms with Crippen molar-refractivity contribution in [2.24, 2.45) is 12.8 Å². The zero-order valence-corrected chi connectivity index (χ0v) is 18.4. The largest absolute Gasteiger partial charge is 0.365 e. The molecule has 3 heterocycles. The van der Waals surface area contributed by atoms with Crippen LogP contribution in [0.2, 0.25) is 5.02 Å². The summed E-state index contributed by atoms with van der Waals surface area (Å²) in [6.07, 6.45) is 5.09. The Morgan fingerprint density at radius 2 is 2.06 bits per heavy atom. The summed E-state index contributed by atoms with van der Waals surface area (Å²) in [6, 6.07) is 5.41. The number of likely N-dealkylation sites (tertiary alicyclic amines) is 1. The molecule has 0 bridgehead atoms. The van der Waals surface area contributed by atoms with Crippen molar-refractivity contribution in [3.05, 3.63) is 52.3 Å². The molecular weight excluding hydrogens is 416 g/mol. The Hall–Kier alpha value is -3.00. The SMILES string of the molecule is Cc1nc([C@H]2CCCCN2C(=O)CCc2nc3cc(Cl)ccc3n2C)ncc1C(N)=O. The molecule has 2 amide bonds. The van der Waals surface area contributed by atoms with Gasteiger partial charge in [-0.1, -0.05) is 11.6 Å². The quantitative estimate of drug-likeness (QED) is 0.655. The number of hydrogen-bond donors (Lipinski definition) is 1. The second kappa shape index (κ2) is 8.63. The van der Waals surface area contributed by atoms with Gasteiger partial charge in [0.15, 0.2) is 5.82 Å². The van der Waals surface area contributed by atoms with Gasteiger partial charge < -0.3 is 15.2 Å². The number of hydrogen-bond acceptors (Lipinski definition) is 5. The van der Waals surface area contributed by atoms with Crippen molar-refractivity contribution < 1.29 is 9.59 Å². The molecule has 8 nitrogen and oxygen atoms in total. The fraction of sp³-hybridized carbons (Fsp3) is 0.409. The van der Waals surface area contributed by atoms with Crippen molar-refractivity contribution in [2.45, 2.75) is 45.1 Å². The van der Waals surface area contributed by atoms with E-state index in [1.54, 1.807) is 6.92 Å². The van der Waals surface area contributed by atoms with Crippen molar-refractivity contribution in [1.82, 2.24) is 24.4 Å². The first-order chi connectivity index (χ1) is 14.8. The number of benzene rings is 1. The number of nitrogens with two attached hydrogens (primary N) is 1. The number of imidazole rings is 1. The monoisotopic (exact) mass is 440 g/mol. The molecule has 1 aliphatic rings. The Labute approximate surface area is 185 Å². The van der Waals surface area contributed by atoms with Gasteiger partial charge in [-0.05, 0) is 44.4 Å². The highest BCUT2D eigenvalue weighted by Crippen LogP contribution is 2.30. The maximum absolute atomic E-state index is 13.1. The van der Waals surface area contributed by atoms with Gasteiger partial charge in [-0.15, -0.1) is 0 Å². The zero-order valence-electron chi connectivity index (χ0n) is 17.6. The van der Waals surface area contributed by atoms with Gasteiger partial charge in [0.2, 0.25) is 5.91 Å². The summed E-state index contributed by atoms with van der Waals surface area (Å²) in [4.78, 5) is 40.0. The topological polar surface area (TPSA) is 107 Å². The van der Waals surface area contributed by atoms with Gasteiger partial charge >= 0.3 is 0 Å². The molecule has 162 valence electrons. The van der Waals surface area contributed by atoms with Crippen LogP contribution in [0.3, 0.4) is 0 Å². The lowest BCUT2D eigenvalue weighted by Crippen LogP contribution is -2.39. The van der Waals surface area contributed by atoms with E-state index in [2.05, 4.69) is 15.0 Å². The Kier molecular flexibility index (Phi) is 5.91. The molecule has 31 heavy (non-hydrogen) atoms. The number of aryl methyl sites for hydroxylation is 3. The molecule has 1 atom stereocenters. The molecule has 2 aromatic heterocycles. The predicted octanol–water partition coefficient (Wildman–Crippen LogP) is 3.11. The number of nitrogens with zero attached hydrogens (tertiary/aromatic N) is 5. The number of rotatable bonds is 5. The van der Waals surface area contributed by atoms with E-state index in [0.29, 0.717) is 41.5 Å². The molecule has 1 saturated heterocycles. The normalized spacial score (nSPS) is 16.6. The first-order valence-corrected chi connectivity index (χ1v) is 10.8. The number of carbonyl (C=O) groups excluding carboxylic acids is 2. The lowest BCUT2D eigenvalue weighted by Gasteiger charge is -2.35. The van der Waals surface area contributed by atoms with Gasteiger partial charge in [-0.2, -0.15) is 0 Å². The molecule has 9 heteroatoms. The summed E-state index contributed by atoms with van der Waals surface area (Å²) in [6.45, 7) is 2.40. The molecule has 2 N–H and O–H groups in total. The maximum Gasteiger partial charge on any atom is 0.252 e. The van der Waals surface area contributed by atoms with Crippen molar-refractivity contribution >= 4 is 34.4 Å². The van der Waals surface area contributed by atoms with E-state index < -0.39 is 5.91 Å². The minimum atomic E-state index is -0.552. The Bertz CT molecular complexity index is 1160. The number of piperidine rings is 1. The number of halogens is 1. The number of fused-ring (bicyclic) bond motifs is 1. The van der Waals surface area contributed by atoms with E-state index in [1.165, 1.54) is 6.20 Å². The fourth-order valence-electron chi connectivity index (χ4n) is 4.19. The van der Waals surface area contributed by atoms with Gasteiger partial charge in [-0.3, -0.25) is 9.59 Å². The van der Waals surface area contributed by atoms with Crippen molar-refractivity contribution in [1.29, 1.82) is 0 Å². The lowest BCUT2D eigenvalue weighted by atomic mass is 10.00. The standard InChI is InChI=1S/C22H25ClN6O2/c1-13-15(21(24)31)12-25-22(26-13)18-5-3-4-10-29(18)20(30)9-8-19-27-16-11-14(23)6-7-17(16)28(19)2/h6-7,11-12,18H,3-5,8-10H2,1-2H3,(H2,24,31)/t18-/m1/s1. The van der Waals surface area contributed by atoms with E-state index in [4.69, 9.17) is 17.3 Å². The van der Waals surface area contributed by atoms with E-state index in [1.807, 2.05) is 34.7 Å². The van der Waals surface area contributed by atoms with Crippen LogP contribution in [0.25, 0.3) is 11.0 Å². The van der Waals surface area contributed by atoms with E-state index in [9.17, 15) is 9.59 Å². The van der Waals surface area contributed by atoms with Crippen molar-refractivity contribution in [2.75, 3.05) is 6.54 Å². The van der Waals surface area contributed by atoms with Gasteiger partial charge in [0.05, 0.1) is 28.3 Å². The predicted molar refractivity (Wildman–Crippen MR) is 118 cm³/mol. The van der Waals surface area contributed by atoms with Gasteiger partial charge in [0.25, 0.3) is 5.91 Å². The molecule has 1 fully saturated rings. The smallest absolute Gasteiger partial charge is 0.252 e. The van der Waals surface area contributed by atoms with Crippen LogP contribution >= 0.6 is 11.6 Å². The van der Waals surface area contributed by atoms with Crippen molar-refractivity contribution in [3.63, 3.8) is 0 Å². The Morgan fingerprint density at radius 3 is 2.81 bits per heavy atom. The minimum absolute atomic E-state index is 0.0509. The van der Waals surface area contributed by atoms with Gasteiger partial charge in [0.1, 0.15) is 5.82 Å². The molecule has 0 spiro atoms. The Morgan fingerprint density at radius 1 is 1.26 bits per heavy atom. The lowest BCUT2D eigenvalue weighted by molar-refractivity contribution is -0.135. The third kappa shape index (κ3) is 4.25. The van der Waals surface area contributed by atoms with Crippen LogP contribution in [0.4, 0.5) is 0 Å². The first-order valence-electron chi connectivity index (χ1n) is 10.4. The molecule has 4 rings (SSSR count). The van der Waals surface area contributed by atoms with E-state index in [0.717, 1.165) is 36.1 Å². The molecule has 0 saturated carbocycles. The van der Waals surface area contributed by atoms with Crippen LogP contribution in [-0.2, 0) is 18.3 Å². The Balaban J connectivity index is 1.51. The molecule has 3 aromatic rings. The van der Waals surface area contributed by atoms with Crippen LogP contribution in [0.5, 0.6) is 0 Å². The summed E-state index contributed by atoms with van der Waals surface area (Å²) >= 11 is 6.07. The highest BCUT2D eigenvalue weighted by molar-refractivity contribution is 6.31. The summed E-state index contributed by atoms with van der Waals surface area (Å²) in [5, 5.41) is 0.641. The maximum atomic E-state index is 13.1. The molecular formula is C22H25ClN6O2. The van der Waals surface area contributed by atoms with Crippen LogP contribution < -0.4 is 5.73 Å². The summed E-state index contributed by atoms with van der Waals surface area (Å²) < 4.78 is 2.00. The van der Waals surface area contributed by atoms with Gasteiger partial charge in [-0.25, -0.2) is 15.0 Å². The van der Waals surface area contributed by atoms with Crippen molar-refractivity contribution in [3.8, 4) is 0 Å². The van der Waals surface area contributed by atoms with E-state index >= 15 is 0 Å². The number of primary amides is 1. The molecule has 1 aliphatic heterocycles. The second-order valence-electron chi connectivity index (χ2n) is 7.91. The van der Waals surface area contributed by atoms with E-state index in [-0.39, 0.29) is 11.9 Å². The summed E-state index contributed by atoms with van der Waals surface area (Å²) in [5.74, 6) is 0.907. The highest BCUT2D eigenvalue weighted by Gasteiger charge is 2.30. The average molecular weight is 441 g/mol. The molecule has 0 unspecified atom stereocenters. The number of aromatic nitrogens is 4. The average Bonchev–Trinajstić information content (AvgIpc) is 3.06. The summed E-state index contributed by atoms with van der Waals surface area (Å²) in [7, 11) is 1.95. The van der Waals surface area contributed by atoms with Crippen LogP contribution in [0.1, 0.15) is 59.4 Å². The van der Waals surface area contributed by atoms with Crippen LogP contribution in [0.15, 0.2) is 24.4 Å². The second-order valence-corrected chi connectivity index (χ2v) is 8.35. The summed E-state index contributed by atoms with van der Waals surface area (Å²) in [5.41, 5.74) is 8.02. The molecule has 0 radical (unpaired) electrons. The van der Waals surface area contributed by atoms with Gasteiger partial charge in [0, 0.05) is 37.7 Å². The molecule has 1 aromatic carbocycles. The number of carbonyl (C=O) groups is 2.